The summed E-state index contributed by atoms with van der Waals surface area (Å²) in [5, 5.41) is 8.12. The molecule has 0 aliphatic heterocycles. The zero-order valence-corrected chi connectivity index (χ0v) is 17.2. The van der Waals surface area contributed by atoms with E-state index < -0.39 is 11.7 Å². The van der Waals surface area contributed by atoms with Crippen molar-refractivity contribution in [2.24, 2.45) is 0 Å². The van der Waals surface area contributed by atoms with E-state index in [4.69, 9.17) is 0 Å². The second-order valence-electron chi connectivity index (χ2n) is 7.94. The number of para-hydroxylation sites is 1. The Balaban J connectivity index is 1.61. The number of pyridine rings is 2. The molecule has 0 amide bonds. The van der Waals surface area contributed by atoms with Crippen LogP contribution in [-0.4, -0.2) is 9.97 Å². The van der Waals surface area contributed by atoms with Gasteiger partial charge in [-0.1, -0.05) is 60.7 Å². The van der Waals surface area contributed by atoms with Gasteiger partial charge in [-0.3, -0.25) is 9.97 Å². The van der Waals surface area contributed by atoms with E-state index >= 15 is 0 Å². The summed E-state index contributed by atoms with van der Waals surface area (Å²) in [5.74, 6) is 0. The molecule has 0 radical (unpaired) electrons. The van der Waals surface area contributed by atoms with Gasteiger partial charge in [0.1, 0.15) is 0 Å². The minimum absolute atomic E-state index is 0.285. The Morgan fingerprint density at radius 3 is 1.82 bits per heavy atom. The van der Waals surface area contributed by atoms with Gasteiger partial charge in [-0.25, -0.2) is 0 Å². The molecule has 1 N–H and O–H groups in total. The molecule has 0 bridgehead atoms. The standard InChI is InChI=1S/C27H16F3N3/c28-27(29,30)18-12-22-20-9-4-2-7-17(20)15-32-26(22)24(13-18)33-23-11-5-10-21-19-8-3-1-6-16(19)14-31-25(21)23/h1-15,33H. The second-order valence-corrected chi connectivity index (χ2v) is 7.94. The number of hydrogen-bond donors (Lipinski definition) is 1. The summed E-state index contributed by atoms with van der Waals surface area (Å²) in [6.45, 7) is 0. The van der Waals surface area contributed by atoms with Crippen molar-refractivity contribution < 1.29 is 13.2 Å². The monoisotopic (exact) mass is 439 g/mol. The normalized spacial score (nSPS) is 12.1. The number of aromatic nitrogens is 2. The average Bonchev–Trinajstić information content (AvgIpc) is 2.83. The summed E-state index contributed by atoms with van der Waals surface area (Å²) in [6, 6.07) is 23.1. The zero-order chi connectivity index (χ0) is 22.6. The van der Waals surface area contributed by atoms with Gasteiger partial charge in [0, 0.05) is 33.9 Å². The third-order valence-corrected chi connectivity index (χ3v) is 5.91. The third-order valence-electron chi connectivity index (χ3n) is 5.91. The van der Waals surface area contributed by atoms with Gasteiger partial charge in [-0.05, 0) is 29.0 Å². The predicted molar refractivity (Wildman–Crippen MR) is 127 cm³/mol. The first-order valence-corrected chi connectivity index (χ1v) is 10.4. The van der Waals surface area contributed by atoms with Crippen LogP contribution in [0.25, 0.3) is 43.4 Å². The molecule has 4 aromatic carbocycles. The van der Waals surface area contributed by atoms with Crippen molar-refractivity contribution in [3.8, 4) is 0 Å². The first-order chi connectivity index (χ1) is 16.0. The Bertz CT molecular complexity index is 1690. The van der Waals surface area contributed by atoms with Crippen molar-refractivity contribution in [3.63, 3.8) is 0 Å². The van der Waals surface area contributed by atoms with Gasteiger partial charge in [0.15, 0.2) is 0 Å². The molecule has 6 heteroatoms. The highest BCUT2D eigenvalue weighted by Gasteiger charge is 2.32. The van der Waals surface area contributed by atoms with Gasteiger partial charge in [0.25, 0.3) is 0 Å². The maximum atomic E-state index is 13.8. The van der Waals surface area contributed by atoms with E-state index in [9.17, 15) is 13.2 Å². The predicted octanol–water partition coefficient (Wildman–Crippen LogP) is 7.85. The second kappa shape index (κ2) is 7.17. The number of nitrogens with zero attached hydrogens (tertiary/aromatic N) is 2. The summed E-state index contributed by atoms with van der Waals surface area (Å²) in [5.41, 5.74) is 1.33. The molecule has 6 rings (SSSR count). The fourth-order valence-corrected chi connectivity index (χ4v) is 4.36. The quantitative estimate of drug-likeness (QED) is 0.279. The van der Waals surface area contributed by atoms with Crippen LogP contribution in [0.5, 0.6) is 0 Å². The zero-order valence-electron chi connectivity index (χ0n) is 17.2. The molecule has 3 nitrogen and oxygen atoms in total. The highest BCUT2D eigenvalue weighted by atomic mass is 19.4. The van der Waals surface area contributed by atoms with Crippen LogP contribution >= 0.6 is 0 Å². The molecular formula is C27H16F3N3. The minimum atomic E-state index is -4.49. The first kappa shape index (κ1) is 19.5. The molecule has 2 aromatic heterocycles. The van der Waals surface area contributed by atoms with Gasteiger partial charge in [0.05, 0.1) is 28.0 Å². The molecule has 0 spiro atoms. The van der Waals surface area contributed by atoms with E-state index in [1.165, 1.54) is 6.07 Å². The molecule has 33 heavy (non-hydrogen) atoms. The molecule has 0 aliphatic rings. The summed E-state index contributed by atoms with van der Waals surface area (Å²) < 4.78 is 41.4. The van der Waals surface area contributed by atoms with Crippen molar-refractivity contribution in [2.45, 2.75) is 6.18 Å². The third kappa shape index (κ3) is 3.22. The van der Waals surface area contributed by atoms with Crippen LogP contribution in [0.3, 0.4) is 0 Å². The summed E-state index contributed by atoms with van der Waals surface area (Å²) in [6.07, 6.45) is -1.03. The molecular weight excluding hydrogens is 423 g/mol. The highest BCUT2D eigenvalue weighted by molar-refractivity contribution is 6.12. The number of halogens is 3. The Labute approximate surface area is 186 Å². The number of fused-ring (bicyclic) bond motifs is 6. The fraction of sp³-hybridized carbons (Fsp3) is 0.0370. The van der Waals surface area contributed by atoms with Crippen LogP contribution < -0.4 is 5.32 Å². The van der Waals surface area contributed by atoms with Gasteiger partial charge < -0.3 is 5.32 Å². The largest absolute Gasteiger partial charge is 0.416 e. The average molecular weight is 439 g/mol. The first-order valence-electron chi connectivity index (χ1n) is 10.4. The van der Waals surface area contributed by atoms with Crippen LogP contribution in [0.15, 0.2) is 91.3 Å². The van der Waals surface area contributed by atoms with Crippen molar-refractivity contribution in [2.75, 3.05) is 5.32 Å². The number of benzene rings is 4. The lowest BCUT2D eigenvalue weighted by atomic mass is 10.0. The minimum Gasteiger partial charge on any atom is -0.352 e. The lowest BCUT2D eigenvalue weighted by molar-refractivity contribution is -0.137. The van der Waals surface area contributed by atoms with Crippen LogP contribution in [0, 0.1) is 0 Å². The van der Waals surface area contributed by atoms with Crippen molar-refractivity contribution in [1.82, 2.24) is 9.97 Å². The highest BCUT2D eigenvalue weighted by Crippen LogP contribution is 2.39. The number of hydrogen-bond acceptors (Lipinski definition) is 3. The Hall–Kier alpha value is -4.19. The van der Waals surface area contributed by atoms with Crippen LogP contribution in [-0.2, 0) is 6.18 Å². The fourth-order valence-electron chi connectivity index (χ4n) is 4.36. The van der Waals surface area contributed by atoms with E-state index in [0.717, 1.165) is 33.0 Å². The molecule has 0 saturated carbocycles. The van der Waals surface area contributed by atoms with Crippen molar-refractivity contribution >= 4 is 54.7 Å². The molecule has 6 aromatic rings. The SMILES string of the molecule is FC(F)(F)c1cc(Nc2cccc3c2ncc2ccccc23)c2ncc3ccccc3c2c1. The van der Waals surface area contributed by atoms with Gasteiger partial charge in [-0.15, -0.1) is 0 Å². The van der Waals surface area contributed by atoms with E-state index in [1.807, 2.05) is 66.7 Å². The number of alkyl halides is 3. The molecule has 160 valence electrons. The van der Waals surface area contributed by atoms with E-state index in [2.05, 4.69) is 15.3 Å². The van der Waals surface area contributed by atoms with Crippen LogP contribution in [0.2, 0.25) is 0 Å². The summed E-state index contributed by atoms with van der Waals surface area (Å²) in [4.78, 5) is 9.11. The van der Waals surface area contributed by atoms with Gasteiger partial charge in [-0.2, -0.15) is 13.2 Å². The van der Waals surface area contributed by atoms with E-state index in [-0.39, 0.29) is 5.69 Å². The van der Waals surface area contributed by atoms with Gasteiger partial charge in [0.2, 0.25) is 0 Å². The molecule has 0 unspecified atom stereocenters. The van der Waals surface area contributed by atoms with Gasteiger partial charge >= 0.3 is 6.18 Å². The summed E-state index contributed by atoms with van der Waals surface area (Å²) in [7, 11) is 0. The maximum absolute atomic E-state index is 13.8. The number of anilines is 2. The summed E-state index contributed by atoms with van der Waals surface area (Å²) >= 11 is 0. The number of rotatable bonds is 2. The Kier molecular flexibility index (Phi) is 4.23. The molecule has 2 heterocycles. The maximum Gasteiger partial charge on any atom is 0.416 e. The van der Waals surface area contributed by atoms with Crippen molar-refractivity contribution in [3.05, 3.63) is 96.8 Å². The topological polar surface area (TPSA) is 37.8 Å². The molecule has 0 saturated heterocycles. The Morgan fingerprint density at radius 2 is 1.15 bits per heavy atom. The smallest absolute Gasteiger partial charge is 0.352 e. The van der Waals surface area contributed by atoms with E-state index in [0.29, 0.717) is 22.1 Å². The lowest BCUT2D eigenvalue weighted by Gasteiger charge is -2.16. The number of nitrogens with one attached hydrogen (secondary N) is 1. The van der Waals surface area contributed by atoms with E-state index in [1.54, 1.807) is 12.4 Å². The molecule has 0 aliphatic carbocycles. The lowest BCUT2D eigenvalue weighted by Crippen LogP contribution is -2.06. The van der Waals surface area contributed by atoms with Crippen molar-refractivity contribution in [1.29, 1.82) is 0 Å². The Morgan fingerprint density at radius 1 is 0.576 bits per heavy atom. The molecule has 0 fully saturated rings. The molecule has 0 atom stereocenters. The van der Waals surface area contributed by atoms with Crippen LogP contribution in [0.4, 0.5) is 24.5 Å². The van der Waals surface area contributed by atoms with Crippen LogP contribution in [0.1, 0.15) is 5.56 Å².